The summed E-state index contributed by atoms with van der Waals surface area (Å²) in [6.07, 6.45) is 7.52. The van der Waals surface area contributed by atoms with E-state index in [4.69, 9.17) is 4.74 Å². The zero-order valence-electron chi connectivity index (χ0n) is 16.0. The number of carbonyl (C=O) groups is 1. The minimum absolute atomic E-state index is 0.103. The van der Waals surface area contributed by atoms with Gasteiger partial charge in [-0.15, -0.1) is 0 Å². The molecular weight excluding hydrogens is 376 g/mol. The van der Waals surface area contributed by atoms with E-state index in [1.807, 2.05) is 12.1 Å². The Morgan fingerprint density at radius 3 is 2.50 bits per heavy atom. The van der Waals surface area contributed by atoms with Gasteiger partial charge in [-0.2, -0.15) is 4.31 Å². The third kappa shape index (κ3) is 3.88. The number of nitrogens with zero attached hydrogens (tertiary/aromatic N) is 1. The van der Waals surface area contributed by atoms with Crippen LogP contribution in [0.1, 0.15) is 50.0 Å². The number of fused-ring (bicyclic) bond motifs is 1. The van der Waals surface area contributed by atoms with Gasteiger partial charge in [0.1, 0.15) is 6.23 Å². The molecule has 6 nitrogen and oxygen atoms in total. The number of carbonyl (C=O) groups excluding carboxylic acids is 1. The maximum Gasteiger partial charge on any atom is 0.245 e. The van der Waals surface area contributed by atoms with Crippen molar-refractivity contribution in [2.24, 2.45) is 5.92 Å². The van der Waals surface area contributed by atoms with Crippen molar-refractivity contribution in [3.8, 4) is 0 Å². The van der Waals surface area contributed by atoms with E-state index in [0.29, 0.717) is 30.3 Å². The van der Waals surface area contributed by atoms with Gasteiger partial charge in [0.15, 0.2) is 0 Å². The molecule has 1 amide bonds. The Balaban J connectivity index is 1.40. The molecule has 3 fully saturated rings. The third-order valence-electron chi connectivity index (χ3n) is 6.29. The molecule has 1 aromatic carbocycles. The molecule has 152 valence electrons. The highest BCUT2D eigenvalue weighted by atomic mass is 32.2. The molecule has 2 heterocycles. The second-order valence-electron chi connectivity index (χ2n) is 8.10. The molecule has 2 aliphatic heterocycles. The summed E-state index contributed by atoms with van der Waals surface area (Å²) in [4.78, 5) is 11.8. The predicted molar refractivity (Wildman–Crippen MR) is 106 cm³/mol. The average molecular weight is 405 g/mol. The number of hydrogen-bond acceptors (Lipinski definition) is 4. The largest absolute Gasteiger partial charge is 0.354 e. The van der Waals surface area contributed by atoms with Crippen molar-refractivity contribution in [3.63, 3.8) is 0 Å². The van der Waals surface area contributed by atoms with E-state index < -0.39 is 10.0 Å². The molecule has 0 bridgehead atoms. The quantitative estimate of drug-likeness (QED) is 0.766. The molecule has 4 rings (SSSR count). The first kappa shape index (κ1) is 19.6. The van der Waals surface area contributed by atoms with E-state index >= 15 is 0 Å². The molecule has 1 saturated carbocycles. The molecule has 1 N–H and O–H groups in total. The van der Waals surface area contributed by atoms with Gasteiger partial charge in [0.2, 0.25) is 15.9 Å². The zero-order valence-corrected chi connectivity index (χ0v) is 16.9. The molecule has 3 aliphatic rings. The molecule has 3 unspecified atom stereocenters. The number of hydrogen-bond donors (Lipinski definition) is 1. The molecule has 0 radical (unpaired) electrons. The Kier molecular flexibility index (Phi) is 5.58. The van der Waals surface area contributed by atoms with Crippen LogP contribution in [0.5, 0.6) is 0 Å². The smallest absolute Gasteiger partial charge is 0.245 e. The Morgan fingerprint density at radius 2 is 1.86 bits per heavy atom. The van der Waals surface area contributed by atoms with Crippen LogP contribution in [0.4, 0.5) is 0 Å². The van der Waals surface area contributed by atoms with Crippen LogP contribution >= 0.6 is 0 Å². The first-order chi connectivity index (χ1) is 13.5. The van der Waals surface area contributed by atoms with Crippen LogP contribution in [-0.4, -0.2) is 44.1 Å². The fraction of sp³-hybridized carbons (Fsp3) is 0.571. The fourth-order valence-electron chi connectivity index (χ4n) is 4.73. The Morgan fingerprint density at radius 1 is 1.14 bits per heavy atom. The van der Waals surface area contributed by atoms with Gasteiger partial charge in [0.25, 0.3) is 0 Å². The standard InChI is InChI=1S/C21H28N2O4S/c1-2-20(24)22-21-12-17-13-23(14-19(17)27-21)28(25,26)18-10-8-16(9-11-18)15-6-4-3-5-7-15/h2,8-11,15,17,19,21H,1,3-7,12-14H2,(H,22,24). The first-order valence-corrected chi connectivity index (χ1v) is 11.6. The lowest BCUT2D eigenvalue weighted by atomic mass is 9.84. The summed E-state index contributed by atoms with van der Waals surface area (Å²) in [5, 5.41) is 2.73. The average Bonchev–Trinajstić information content (AvgIpc) is 3.28. The molecule has 1 aliphatic carbocycles. The zero-order chi connectivity index (χ0) is 19.7. The third-order valence-corrected chi connectivity index (χ3v) is 8.13. The topological polar surface area (TPSA) is 75.7 Å². The second-order valence-corrected chi connectivity index (χ2v) is 10.0. The van der Waals surface area contributed by atoms with Gasteiger partial charge in [-0.05, 0) is 49.0 Å². The summed E-state index contributed by atoms with van der Waals surface area (Å²) >= 11 is 0. The predicted octanol–water partition coefficient (Wildman–Crippen LogP) is 2.77. The Hall–Kier alpha value is -1.70. The highest BCUT2D eigenvalue weighted by Crippen LogP contribution is 2.36. The molecule has 0 aromatic heterocycles. The van der Waals surface area contributed by atoms with Gasteiger partial charge in [0, 0.05) is 19.0 Å². The van der Waals surface area contributed by atoms with Crippen LogP contribution in [0.3, 0.4) is 0 Å². The van der Waals surface area contributed by atoms with Crippen molar-refractivity contribution in [1.82, 2.24) is 9.62 Å². The van der Waals surface area contributed by atoms with Crippen LogP contribution in [0.2, 0.25) is 0 Å². The van der Waals surface area contributed by atoms with Crippen LogP contribution in [0.15, 0.2) is 41.8 Å². The van der Waals surface area contributed by atoms with Crippen molar-refractivity contribution < 1.29 is 17.9 Å². The van der Waals surface area contributed by atoms with E-state index in [1.54, 1.807) is 12.1 Å². The van der Waals surface area contributed by atoms with Crippen molar-refractivity contribution in [3.05, 3.63) is 42.5 Å². The highest BCUT2D eigenvalue weighted by Gasteiger charge is 2.46. The number of amides is 1. The van der Waals surface area contributed by atoms with Gasteiger partial charge in [-0.25, -0.2) is 8.42 Å². The van der Waals surface area contributed by atoms with Gasteiger partial charge in [-0.3, -0.25) is 4.79 Å². The molecule has 3 atom stereocenters. The van der Waals surface area contributed by atoms with E-state index in [1.165, 1.54) is 48.0 Å². The van der Waals surface area contributed by atoms with Crippen LogP contribution in [0, 0.1) is 5.92 Å². The normalized spacial score (nSPS) is 28.8. The Labute approximate surface area is 167 Å². The summed E-state index contributed by atoms with van der Waals surface area (Å²) in [5.74, 6) is 0.395. The van der Waals surface area contributed by atoms with Crippen molar-refractivity contribution in [2.75, 3.05) is 13.1 Å². The lowest BCUT2D eigenvalue weighted by Gasteiger charge is -2.23. The van der Waals surface area contributed by atoms with Crippen LogP contribution < -0.4 is 5.32 Å². The van der Waals surface area contributed by atoms with Crippen molar-refractivity contribution >= 4 is 15.9 Å². The van der Waals surface area contributed by atoms with Crippen molar-refractivity contribution in [2.45, 2.75) is 61.7 Å². The molecule has 0 spiro atoms. The van der Waals surface area contributed by atoms with Crippen LogP contribution in [-0.2, 0) is 19.6 Å². The second kappa shape index (κ2) is 7.97. The SMILES string of the molecule is C=CC(=O)NC1CC2CN(S(=O)(=O)c3ccc(C4CCCCC4)cc3)CC2O1. The summed E-state index contributed by atoms with van der Waals surface area (Å²) < 4.78 is 33.4. The molecular formula is C21H28N2O4S. The maximum atomic E-state index is 13.0. The van der Waals surface area contributed by atoms with E-state index in [2.05, 4.69) is 11.9 Å². The van der Waals surface area contributed by atoms with Crippen molar-refractivity contribution in [1.29, 1.82) is 0 Å². The first-order valence-electron chi connectivity index (χ1n) is 10.2. The summed E-state index contributed by atoms with van der Waals surface area (Å²) in [5.41, 5.74) is 1.25. The van der Waals surface area contributed by atoms with Gasteiger partial charge in [-0.1, -0.05) is 38.0 Å². The Bertz CT molecular complexity index is 816. The number of benzene rings is 1. The minimum Gasteiger partial charge on any atom is -0.354 e. The molecule has 28 heavy (non-hydrogen) atoms. The summed E-state index contributed by atoms with van der Waals surface area (Å²) in [6, 6.07) is 7.47. The van der Waals surface area contributed by atoms with Gasteiger partial charge in [0.05, 0.1) is 11.0 Å². The number of rotatable bonds is 5. The molecule has 7 heteroatoms. The number of ether oxygens (including phenoxy) is 1. The number of nitrogens with one attached hydrogen (secondary N) is 1. The van der Waals surface area contributed by atoms with Gasteiger partial charge < -0.3 is 10.1 Å². The fourth-order valence-corrected chi connectivity index (χ4v) is 6.24. The lowest BCUT2D eigenvalue weighted by Crippen LogP contribution is -2.37. The highest BCUT2D eigenvalue weighted by molar-refractivity contribution is 7.89. The minimum atomic E-state index is -3.52. The molecule has 1 aromatic rings. The van der Waals surface area contributed by atoms with E-state index in [0.717, 1.165) is 0 Å². The van der Waals surface area contributed by atoms with E-state index in [-0.39, 0.29) is 24.2 Å². The summed E-state index contributed by atoms with van der Waals surface area (Å²) in [6.45, 7) is 4.19. The van der Waals surface area contributed by atoms with E-state index in [9.17, 15) is 13.2 Å². The lowest BCUT2D eigenvalue weighted by molar-refractivity contribution is -0.120. The number of sulfonamides is 1. The molecule has 2 saturated heterocycles. The van der Waals surface area contributed by atoms with Crippen LogP contribution in [0.25, 0.3) is 0 Å². The monoisotopic (exact) mass is 404 g/mol. The van der Waals surface area contributed by atoms with Gasteiger partial charge >= 0.3 is 0 Å². The maximum absolute atomic E-state index is 13.0. The summed E-state index contributed by atoms with van der Waals surface area (Å²) in [7, 11) is -3.52.